The summed E-state index contributed by atoms with van der Waals surface area (Å²) in [6, 6.07) is 21.5. The van der Waals surface area contributed by atoms with Crippen LogP contribution < -0.4 is 15.0 Å². The third kappa shape index (κ3) is 5.87. The topological polar surface area (TPSA) is 54.5 Å². The SMILES string of the molecule is CC[C@@H](C(=O)NCc1ccc(F)cc1)N(c1cccc(C)c1)c1nc(-c2ccc(OC)cc2)cs1. The molecule has 0 saturated heterocycles. The second-order valence-corrected chi connectivity index (χ2v) is 9.06. The van der Waals surface area contributed by atoms with Gasteiger partial charge in [0.25, 0.3) is 0 Å². The zero-order valence-corrected chi connectivity index (χ0v) is 20.8. The molecule has 1 amide bonds. The molecular weight excluding hydrogens is 461 g/mol. The lowest BCUT2D eigenvalue weighted by atomic mass is 10.1. The molecule has 0 saturated carbocycles. The fraction of sp³-hybridized carbons (Fsp3) is 0.214. The fourth-order valence-electron chi connectivity index (χ4n) is 3.87. The van der Waals surface area contributed by atoms with E-state index in [0.717, 1.165) is 39.0 Å². The minimum atomic E-state index is -0.466. The Balaban J connectivity index is 1.63. The van der Waals surface area contributed by atoms with E-state index in [1.807, 2.05) is 66.6 Å². The van der Waals surface area contributed by atoms with Gasteiger partial charge in [0, 0.05) is 23.2 Å². The van der Waals surface area contributed by atoms with Crippen LogP contribution in [0.25, 0.3) is 11.3 Å². The molecule has 35 heavy (non-hydrogen) atoms. The average Bonchev–Trinajstić information content (AvgIpc) is 3.36. The highest BCUT2D eigenvalue weighted by Crippen LogP contribution is 2.35. The third-order valence-corrected chi connectivity index (χ3v) is 6.58. The molecule has 4 rings (SSSR count). The molecule has 0 spiro atoms. The summed E-state index contributed by atoms with van der Waals surface area (Å²) in [5.74, 6) is 0.377. The van der Waals surface area contributed by atoms with Crippen molar-refractivity contribution in [1.82, 2.24) is 10.3 Å². The summed E-state index contributed by atoms with van der Waals surface area (Å²) in [5.41, 5.74) is 4.66. The molecule has 0 aliphatic heterocycles. The lowest BCUT2D eigenvalue weighted by Gasteiger charge is -2.30. The highest BCUT2D eigenvalue weighted by Gasteiger charge is 2.28. The number of nitrogens with one attached hydrogen (secondary N) is 1. The van der Waals surface area contributed by atoms with Crippen molar-refractivity contribution < 1.29 is 13.9 Å². The van der Waals surface area contributed by atoms with Crippen LogP contribution >= 0.6 is 11.3 Å². The van der Waals surface area contributed by atoms with Gasteiger partial charge in [-0.25, -0.2) is 9.37 Å². The second-order valence-electron chi connectivity index (χ2n) is 8.22. The van der Waals surface area contributed by atoms with Crippen molar-refractivity contribution in [2.75, 3.05) is 12.0 Å². The molecular formula is C28H28FN3O2S. The predicted octanol–water partition coefficient (Wildman–Crippen LogP) is 6.50. The Morgan fingerprint density at radius 1 is 1.11 bits per heavy atom. The van der Waals surface area contributed by atoms with Gasteiger partial charge >= 0.3 is 0 Å². The number of carbonyl (C=O) groups is 1. The Bertz CT molecular complexity index is 1270. The first-order valence-corrected chi connectivity index (χ1v) is 12.3. The van der Waals surface area contributed by atoms with E-state index in [4.69, 9.17) is 9.72 Å². The smallest absolute Gasteiger partial charge is 0.243 e. The van der Waals surface area contributed by atoms with Crippen LogP contribution in [0.15, 0.2) is 78.2 Å². The number of carbonyl (C=O) groups excluding carboxylic acids is 1. The minimum absolute atomic E-state index is 0.112. The molecule has 7 heteroatoms. The van der Waals surface area contributed by atoms with Crippen molar-refractivity contribution in [3.63, 3.8) is 0 Å². The first kappa shape index (κ1) is 24.4. The lowest BCUT2D eigenvalue weighted by molar-refractivity contribution is -0.122. The van der Waals surface area contributed by atoms with E-state index in [9.17, 15) is 9.18 Å². The average molecular weight is 490 g/mol. The Morgan fingerprint density at radius 2 is 1.86 bits per heavy atom. The van der Waals surface area contributed by atoms with Crippen molar-refractivity contribution in [3.8, 4) is 17.0 Å². The second kappa shape index (κ2) is 11.1. The molecule has 180 valence electrons. The van der Waals surface area contributed by atoms with E-state index in [1.165, 1.54) is 23.5 Å². The Kier molecular flexibility index (Phi) is 7.77. The summed E-state index contributed by atoms with van der Waals surface area (Å²) in [5, 5.41) is 5.76. The van der Waals surface area contributed by atoms with E-state index in [1.54, 1.807) is 19.2 Å². The molecule has 0 aliphatic carbocycles. The van der Waals surface area contributed by atoms with Gasteiger partial charge in [-0.1, -0.05) is 31.2 Å². The van der Waals surface area contributed by atoms with E-state index in [-0.39, 0.29) is 11.7 Å². The maximum atomic E-state index is 13.4. The molecule has 1 heterocycles. The Labute approximate surface area is 209 Å². The van der Waals surface area contributed by atoms with Gasteiger partial charge in [-0.15, -0.1) is 11.3 Å². The maximum Gasteiger partial charge on any atom is 0.243 e. The van der Waals surface area contributed by atoms with Gasteiger partial charge in [0.15, 0.2) is 5.13 Å². The summed E-state index contributed by atoms with van der Waals surface area (Å²) >= 11 is 1.50. The molecule has 1 N–H and O–H groups in total. The van der Waals surface area contributed by atoms with Gasteiger partial charge < -0.3 is 15.0 Å². The summed E-state index contributed by atoms with van der Waals surface area (Å²) in [4.78, 5) is 20.3. The molecule has 4 aromatic rings. The lowest BCUT2D eigenvalue weighted by Crippen LogP contribution is -2.44. The number of aryl methyl sites for hydroxylation is 1. The molecule has 0 aliphatic rings. The normalized spacial score (nSPS) is 11.7. The van der Waals surface area contributed by atoms with Gasteiger partial charge in [0.1, 0.15) is 17.6 Å². The van der Waals surface area contributed by atoms with Crippen LogP contribution in [0.3, 0.4) is 0 Å². The van der Waals surface area contributed by atoms with Crippen LogP contribution in [0.1, 0.15) is 24.5 Å². The van der Waals surface area contributed by atoms with Gasteiger partial charge in [0.2, 0.25) is 5.91 Å². The summed E-state index contributed by atoms with van der Waals surface area (Å²) in [6.45, 7) is 4.34. The number of aromatic nitrogens is 1. The van der Waals surface area contributed by atoms with E-state index in [2.05, 4.69) is 11.4 Å². The number of ether oxygens (including phenoxy) is 1. The Morgan fingerprint density at radius 3 is 2.51 bits per heavy atom. The highest BCUT2D eigenvalue weighted by atomic mass is 32.1. The molecule has 0 unspecified atom stereocenters. The van der Waals surface area contributed by atoms with E-state index in [0.29, 0.717) is 13.0 Å². The number of hydrogen-bond acceptors (Lipinski definition) is 5. The van der Waals surface area contributed by atoms with Crippen LogP contribution in [-0.4, -0.2) is 24.0 Å². The largest absolute Gasteiger partial charge is 0.497 e. The van der Waals surface area contributed by atoms with Crippen LogP contribution in [0.5, 0.6) is 5.75 Å². The van der Waals surface area contributed by atoms with Gasteiger partial charge in [-0.3, -0.25) is 4.79 Å². The number of thiazole rings is 1. The number of methoxy groups -OCH3 is 1. The zero-order chi connectivity index (χ0) is 24.8. The van der Waals surface area contributed by atoms with Crippen molar-refractivity contribution in [3.05, 3.63) is 95.1 Å². The zero-order valence-electron chi connectivity index (χ0n) is 20.0. The number of nitrogens with zero attached hydrogens (tertiary/aromatic N) is 2. The first-order chi connectivity index (χ1) is 17.0. The van der Waals surface area contributed by atoms with Crippen molar-refractivity contribution >= 4 is 28.1 Å². The number of hydrogen-bond donors (Lipinski definition) is 1. The minimum Gasteiger partial charge on any atom is -0.497 e. The number of benzene rings is 3. The van der Waals surface area contributed by atoms with Gasteiger partial charge in [-0.05, 0) is 73.0 Å². The van der Waals surface area contributed by atoms with E-state index >= 15 is 0 Å². The summed E-state index contributed by atoms with van der Waals surface area (Å²) in [6.07, 6.45) is 0.584. The predicted molar refractivity (Wildman–Crippen MR) is 140 cm³/mol. The number of anilines is 2. The number of amides is 1. The van der Waals surface area contributed by atoms with Crippen molar-refractivity contribution in [2.45, 2.75) is 32.9 Å². The molecule has 0 fully saturated rings. The van der Waals surface area contributed by atoms with Crippen molar-refractivity contribution in [1.29, 1.82) is 0 Å². The van der Waals surface area contributed by atoms with Crippen LogP contribution in [0, 0.1) is 12.7 Å². The van der Waals surface area contributed by atoms with Crippen LogP contribution in [0.4, 0.5) is 15.2 Å². The van der Waals surface area contributed by atoms with E-state index < -0.39 is 6.04 Å². The molecule has 5 nitrogen and oxygen atoms in total. The fourth-order valence-corrected chi connectivity index (χ4v) is 4.77. The van der Waals surface area contributed by atoms with Gasteiger partial charge in [-0.2, -0.15) is 0 Å². The van der Waals surface area contributed by atoms with Gasteiger partial charge in [0.05, 0.1) is 12.8 Å². The van der Waals surface area contributed by atoms with Crippen LogP contribution in [-0.2, 0) is 11.3 Å². The monoisotopic (exact) mass is 489 g/mol. The van der Waals surface area contributed by atoms with Crippen molar-refractivity contribution in [2.24, 2.45) is 0 Å². The molecule has 0 bridgehead atoms. The third-order valence-electron chi connectivity index (χ3n) is 5.74. The maximum absolute atomic E-state index is 13.4. The standard InChI is InChI=1S/C28H28FN3O2S/c1-4-26(27(33)30-17-20-8-12-22(29)13-9-20)32(23-7-5-6-19(2)16-23)28-31-25(18-35-28)21-10-14-24(34-3)15-11-21/h5-16,18,26H,4,17H2,1-3H3,(H,30,33)/t26-/m0/s1. The summed E-state index contributed by atoms with van der Waals surface area (Å²) in [7, 11) is 1.64. The number of rotatable bonds is 9. The highest BCUT2D eigenvalue weighted by molar-refractivity contribution is 7.14. The summed E-state index contributed by atoms with van der Waals surface area (Å²) < 4.78 is 18.5. The Hall–Kier alpha value is -3.71. The molecule has 3 aromatic carbocycles. The molecule has 1 aromatic heterocycles. The molecule has 1 atom stereocenters. The quantitative estimate of drug-likeness (QED) is 0.292. The molecule has 0 radical (unpaired) electrons. The first-order valence-electron chi connectivity index (χ1n) is 11.5. The van der Waals surface area contributed by atoms with Crippen LogP contribution in [0.2, 0.25) is 0 Å². The number of halogens is 1.